The van der Waals surface area contributed by atoms with E-state index in [2.05, 4.69) is 5.43 Å². The van der Waals surface area contributed by atoms with Crippen molar-refractivity contribution in [2.45, 2.75) is 19.4 Å². The van der Waals surface area contributed by atoms with E-state index in [1.54, 1.807) is 17.4 Å². The summed E-state index contributed by atoms with van der Waals surface area (Å²) in [5, 5.41) is 0.142. The van der Waals surface area contributed by atoms with Crippen LogP contribution in [0.1, 0.15) is 21.4 Å². The number of hydrazine groups is 1. The first-order chi connectivity index (χ1) is 8.60. The molecule has 2 rings (SSSR count). The van der Waals surface area contributed by atoms with Crippen LogP contribution in [0.2, 0.25) is 5.02 Å². The number of halogens is 2. The van der Waals surface area contributed by atoms with Gasteiger partial charge in [-0.2, -0.15) is 0 Å². The fraction of sp³-hybridized carbons (Fsp3) is 0.231. The molecule has 1 unspecified atom stereocenters. The summed E-state index contributed by atoms with van der Waals surface area (Å²) in [5.74, 6) is 5.17. The smallest absolute Gasteiger partial charge is 0.142 e. The lowest BCUT2D eigenvalue weighted by molar-refractivity contribution is 0.557. The Hall–Kier alpha value is -0.940. The molecule has 0 aliphatic rings. The van der Waals surface area contributed by atoms with Crippen molar-refractivity contribution in [1.82, 2.24) is 5.43 Å². The summed E-state index contributed by atoms with van der Waals surface area (Å²) in [6, 6.07) is 8.91. The topological polar surface area (TPSA) is 38.0 Å². The summed E-state index contributed by atoms with van der Waals surface area (Å²) in [6.45, 7) is 2.05. The lowest BCUT2D eigenvalue weighted by Crippen LogP contribution is -2.28. The normalized spacial score (nSPS) is 12.7. The second-order valence-electron chi connectivity index (χ2n) is 4.12. The Kier molecular flexibility index (Phi) is 4.35. The Morgan fingerprint density at radius 2 is 2.17 bits per heavy atom. The van der Waals surface area contributed by atoms with Crippen LogP contribution >= 0.6 is 22.9 Å². The van der Waals surface area contributed by atoms with Crippen molar-refractivity contribution in [3.8, 4) is 0 Å². The minimum absolute atomic E-state index is 0.00993. The zero-order chi connectivity index (χ0) is 13.1. The number of rotatable bonds is 4. The number of hydrogen-bond acceptors (Lipinski definition) is 3. The molecule has 0 bridgehead atoms. The van der Waals surface area contributed by atoms with Gasteiger partial charge in [0, 0.05) is 9.75 Å². The third-order valence-corrected chi connectivity index (χ3v) is 4.15. The molecular formula is C13H14ClFN2S. The van der Waals surface area contributed by atoms with E-state index in [9.17, 15) is 4.39 Å². The van der Waals surface area contributed by atoms with Crippen molar-refractivity contribution in [1.29, 1.82) is 0 Å². The van der Waals surface area contributed by atoms with Gasteiger partial charge in [0.05, 0.1) is 11.1 Å². The van der Waals surface area contributed by atoms with Crippen LogP contribution in [-0.2, 0) is 6.42 Å². The molecule has 0 radical (unpaired) electrons. The molecule has 2 aromatic rings. The van der Waals surface area contributed by atoms with Gasteiger partial charge in [0.25, 0.3) is 0 Å². The zero-order valence-corrected chi connectivity index (χ0v) is 11.5. The maximum absolute atomic E-state index is 13.4. The second kappa shape index (κ2) is 5.80. The lowest BCUT2D eigenvalue weighted by Gasteiger charge is -2.14. The minimum Gasteiger partial charge on any atom is -0.271 e. The molecule has 1 aromatic heterocycles. The molecular weight excluding hydrogens is 271 g/mol. The van der Waals surface area contributed by atoms with E-state index in [1.165, 1.54) is 10.9 Å². The largest absolute Gasteiger partial charge is 0.271 e. The van der Waals surface area contributed by atoms with Gasteiger partial charge >= 0.3 is 0 Å². The van der Waals surface area contributed by atoms with Gasteiger partial charge in [-0.1, -0.05) is 17.7 Å². The first-order valence-electron chi connectivity index (χ1n) is 5.56. The van der Waals surface area contributed by atoms with E-state index in [0.717, 1.165) is 10.4 Å². The zero-order valence-electron chi connectivity index (χ0n) is 9.91. The molecule has 18 heavy (non-hydrogen) atoms. The predicted molar refractivity (Wildman–Crippen MR) is 74.2 cm³/mol. The van der Waals surface area contributed by atoms with Gasteiger partial charge < -0.3 is 0 Å². The highest BCUT2D eigenvalue weighted by Crippen LogP contribution is 2.26. The molecule has 0 saturated heterocycles. The van der Waals surface area contributed by atoms with Gasteiger partial charge in [-0.05, 0) is 43.2 Å². The third-order valence-electron chi connectivity index (χ3n) is 2.73. The van der Waals surface area contributed by atoms with E-state index >= 15 is 0 Å². The van der Waals surface area contributed by atoms with E-state index in [-0.39, 0.29) is 11.1 Å². The molecule has 0 saturated carbocycles. The van der Waals surface area contributed by atoms with Crippen LogP contribution in [0.15, 0.2) is 30.3 Å². The number of aryl methyl sites for hydroxylation is 1. The maximum atomic E-state index is 13.4. The molecule has 1 atom stereocenters. The number of hydrogen-bond donors (Lipinski definition) is 2. The average Bonchev–Trinajstić information content (AvgIpc) is 2.77. The highest BCUT2D eigenvalue weighted by Gasteiger charge is 2.13. The van der Waals surface area contributed by atoms with Crippen molar-refractivity contribution in [2.75, 3.05) is 0 Å². The van der Waals surface area contributed by atoms with Gasteiger partial charge in [0.1, 0.15) is 5.82 Å². The van der Waals surface area contributed by atoms with Crippen molar-refractivity contribution in [2.24, 2.45) is 5.84 Å². The quantitative estimate of drug-likeness (QED) is 0.665. The van der Waals surface area contributed by atoms with E-state index in [1.807, 2.05) is 25.1 Å². The summed E-state index contributed by atoms with van der Waals surface area (Å²) < 4.78 is 13.4. The third kappa shape index (κ3) is 3.09. The van der Waals surface area contributed by atoms with Gasteiger partial charge in [-0.15, -0.1) is 11.3 Å². The van der Waals surface area contributed by atoms with E-state index in [4.69, 9.17) is 17.4 Å². The van der Waals surface area contributed by atoms with E-state index in [0.29, 0.717) is 6.42 Å². The molecule has 96 valence electrons. The van der Waals surface area contributed by atoms with Crippen LogP contribution < -0.4 is 11.3 Å². The molecule has 1 heterocycles. The number of nitrogens with two attached hydrogens (primary N) is 1. The monoisotopic (exact) mass is 284 g/mol. The fourth-order valence-corrected chi connectivity index (χ4v) is 2.84. The van der Waals surface area contributed by atoms with Gasteiger partial charge in [-0.3, -0.25) is 11.3 Å². The first kappa shape index (κ1) is 13.5. The summed E-state index contributed by atoms with van der Waals surface area (Å²) >= 11 is 7.34. The standard InChI is InChI=1S/C13H14ClFN2S/c1-8-2-5-13(18-8)12(17-16)7-9-3-4-10(14)11(15)6-9/h2-6,12,17H,7,16H2,1H3. The van der Waals surface area contributed by atoms with Crippen molar-refractivity contribution >= 4 is 22.9 Å². The van der Waals surface area contributed by atoms with Crippen LogP contribution in [0, 0.1) is 12.7 Å². The van der Waals surface area contributed by atoms with Crippen LogP contribution in [0.4, 0.5) is 4.39 Å². The Morgan fingerprint density at radius 1 is 1.39 bits per heavy atom. The van der Waals surface area contributed by atoms with Gasteiger partial charge in [0.15, 0.2) is 0 Å². The number of benzene rings is 1. The Labute approximate surface area is 115 Å². The Morgan fingerprint density at radius 3 is 2.72 bits per heavy atom. The SMILES string of the molecule is Cc1ccc(C(Cc2ccc(Cl)c(F)c2)NN)s1. The number of thiophene rings is 1. The van der Waals surface area contributed by atoms with Crippen molar-refractivity contribution in [3.05, 3.63) is 56.5 Å². The molecule has 3 N–H and O–H groups in total. The van der Waals surface area contributed by atoms with Crippen molar-refractivity contribution < 1.29 is 4.39 Å². The second-order valence-corrected chi connectivity index (χ2v) is 5.85. The summed E-state index contributed by atoms with van der Waals surface area (Å²) in [4.78, 5) is 2.37. The van der Waals surface area contributed by atoms with E-state index < -0.39 is 5.82 Å². The summed E-state index contributed by atoms with van der Waals surface area (Å²) in [6.07, 6.45) is 0.630. The predicted octanol–water partition coefficient (Wildman–Crippen LogP) is 3.60. The average molecular weight is 285 g/mol. The van der Waals surface area contributed by atoms with Gasteiger partial charge in [0.2, 0.25) is 0 Å². The van der Waals surface area contributed by atoms with Gasteiger partial charge in [-0.25, -0.2) is 4.39 Å². The lowest BCUT2D eigenvalue weighted by atomic mass is 10.1. The summed E-state index contributed by atoms with van der Waals surface area (Å²) in [7, 11) is 0. The molecule has 0 spiro atoms. The number of nitrogens with one attached hydrogen (secondary N) is 1. The van der Waals surface area contributed by atoms with Crippen LogP contribution in [0.25, 0.3) is 0 Å². The Balaban J connectivity index is 2.17. The first-order valence-corrected chi connectivity index (χ1v) is 6.76. The maximum Gasteiger partial charge on any atom is 0.142 e. The molecule has 0 fully saturated rings. The minimum atomic E-state index is -0.396. The molecule has 0 aliphatic heterocycles. The highest BCUT2D eigenvalue weighted by molar-refractivity contribution is 7.12. The van der Waals surface area contributed by atoms with Crippen molar-refractivity contribution in [3.63, 3.8) is 0 Å². The molecule has 2 nitrogen and oxygen atoms in total. The molecule has 0 aliphatic carbocycles. The van der Waals surface area contributed by atoms with Crippen LogP contribution in [0.5, 0.6) is 0 Å². The summed E-state index contributed by atoms with van der Waals surface area (Å²) in [5.41, 5.74) is 3.64. The Bertz CT molecular complexity index is 542. The fourth-order valence-electron chi connectivity index (χ4n) is 1.78. The highest BCUT2D eigenvalue weighted by atomic mass is 35.5. The van der Waals surface area contributed by atoms with Crippen LogP contribution in [-0.4, -0.2) is 0 Å². The van der Waals surface area contributed by atoms with Crippen LogP contribution in [0.3, 0.4) is 0 Å². The molecule has 1 aromatic carbocycles. The molecule has 0 amide bonds. The molecule has 5 heteroatoms.